The Kier molecular flexibility index (Phi) is 8.30. The third-order valence-electron chi connectivity index (χ3n) is 0.397. The molecule has 0 radical (unpaired) electrons. The van der Waals surface area contributed by atoms with Crippen molar-refractivity contribution in [2.75, 3.05) is 0 Å². The van der Waals surface area contributed by atoms with E-state index >= 15 is 0 Å². The summed E-state index contributed by atoms with van der Waals surface area (Å²) in [6.45, 7) is 0. The monoisotopic (exact) mass is 162 g/mol. The van der Waals surface area contributed by atoms with Crippen LogP contribution in [0.5, 0.6) is 0 Å². The van der Waals surface area contributed by atoms with Crippen LogP contribution in [0.25, 0.3) is 0 Å². The Morgan fingerprint density at radius 1 is 1.56 bits per heavy atom. The maximum Gasteiger partial charge on any atom is 2.00 e. The van der Waals surface area contributed by atoms with Gasteiger partial charge in [-0.05, 0) is 0 Å². The zero-order valence-corrected chi connectivity index (χ0v) is 6.74. The van der Waals surface area contributed by atoms with Gasteiger partial charge < -0.3 is 12.8 Å². The molecular formula is C3H6CaO5. The molecule has 0 unspecified atom stereocenters. The second-order valence-electron chi connectivity index (χ2n) is 1.03. The summed E-state index contributed by atoms with van der Waals surface area (Å²) in [5.41, 5.74) is 0. The summed E-state index contributed by atoms with van der Waals surface area (Å²) >= 11 is 0. The summed E-state index contributed by atoms with van der Waals surface area (Å²) in [5, 5.41) is 15.3. The first-order valence-corrected chi connectivity index (χ1v) is 1.73. The molecule has 0 bridgehead atoms. The second kappa shape index (κ2) is 6.28. The molecule has 0 aliphatic carbocycles. The van der Waals surface area contributed by atoms with Crippen LogP contribution in [0.2, 0.25) is 0 Å². The minimum atomic E-state index is -1.33. The third kappa shape index (κ3) is 8.16. The number of aliphatic carboxylic acids is 1. The van der Waals surface area contributed by atoms with Crippen LogP contribution < -0.4 is 0 Å². The molecule has 0 aromatic heterocycles. The molecule has 6 heteroatoms. The summed E-state index contributed by atoms with van der Waals surface area (Å²) in [7, 11) is 0. The van der Waals surface area contributed by atoms with Crippen LogP contribution in [0.3, 0.4) is 0 Å². The first-order valence-electron chi connectivity index (χ1n) is 1.73. The standard InChI is InChI=1S/C3H4O5.Ca.2H/c4-2(5)1-3(6)8-7;;;/h7H,1H2,(H,4,5);;;/q;+2;2*-1. The van der Waals surface area contributed by atoms with Gasteiger partial charge in [-0.3, -0.25) is 4.79 Å². The molecule has 0 saturated heterocycles. The van der Waals surface area contributed by atoms with E-state index in [1.165, 1.54) is 0 Å². The Balaban J connectivity index is -0.0000000817. The average molecular weight is 162 g/mol. The van der Waals surface area contributed by atoms with Gasteiger partial charge in [-0.1, -0.05) is 0 Å². The van der Waals surface area contributed by atoms with E-state index in [2.05, 4.69) is 4.89 Å². The van der Waals surface area contributed by atoms with Crippen molar-refractivity contribution in [3.8, 4) is 0 Å². The van der Waals surface area contributed by atoms with Crippen molar-refractivity contribution in [3.05, 3.63) is 0 Å². The SMILES string of the molecule is O=C(O)CC(=O)OO.[Ca+2].[H-].[H-]. The van der Waals surface area contributed by atoms with Crippen molar-refractivity contribution < 1.29 is 27.7 Å². The largest absolute Gasteiger partial charge is 2.00 e. The second-order valence-corrected chi connectivity index (χ2v) is 1.03. The number of carbonyl (C=O) groups is 2. The number of hydrogen-bond donors (Lipinski definition) is 2. The molecule has 0 aromatic carbocycles. The number of rotatable bonds is 2. The fraction of sp³-hybridized carbons (Fsp3) is 0.333. The molecule has 9 heavy (non-hydrogen) atoms. The van der Waals surface area contributed by atoms with E-state index in [0.717, 1.165) is 0 Å². The van der Waals surface area contributed by atoms with Gasteiger partial charge in [0.2, 0.25) is 0 Å². The Morgan fingerprint density at radius 3 is 2.11 bits per heavy atom. The quantitative estimate of drug-likeness (QED) is 0.243. The fourth-order valence-corrected chi connectivity index (χ4v) is 0.156. The molecule has 0 rings (SSSR count). The van der Waals surface area contributed by atoms with Crippen molar-refractivity contribution >= 4 is 49.7 Å². The van der Waals surface area contributed by atoms with E-state index in [1.54, 1.807) is 0 Å². The Morgan fingerprint density at radius 2 is 2.00 bits per heavy atom. The van der Waals surface area contributed by atoms with Gasteiger partial charge in [-0.25, -0.2) is 4.79 Å². The van der Waals surface area contributed by atoms with Gasteiger partial charge in [0.15, 0.2) is 0 Å². The van der Waals surface area contributed by atoms with E-state index < -0.39 is 18.4 Å². The first-order chi connectivity index (χ1) is 3.66. The van der Waals surface area contributed by atoms with E-state index in [0.29, 0.717) is 0 Å². The predicted molar refractivity (Wildman–Crippen MR) is 29.0 cm³/mol. The van der Waals surface area contributed by atoms with Gasteiger partial charge in [0.1, 0.15) is 6.42 Å². The van der Waals surface area contributed by atoms with Crippen LogP contribution in [0.4, 0.5) is 0 Å². The molecule has 0 atom stereocenters. The van der Waals surface area contributed by atoms with Crippen molar-refractivity contribution in [1.29, 1.82) is 0 Å². The summed E-state index contributed by atoms with van der Waals surface area (Å²) < 4.78 is 0. The summed E-state index contributed by atoms with van der Waals surface area (Å²) in [6, 6.07) is 0. The zero-order valence-electron chi connectivity index (χ0n) is 6.53. The van der Waals surface area contributed by atoms with E-state index in [9.17, 15) is 9.59 Å². The molecule has 0 fully saturated rings. The molecule has 0 saturated carbocycles. The maximum absolute atomic E-state index is 9.77. The molecular weight excluding hydrogens is 156 g/mol. The molecule has 0 amide bonds. The maximum atomic E-state index is 9.77. The molecule has 0 aromatic rings. The van der Waals surface area contributed by atoms with Crippen molar-refractivity contribution in [2.24, 2.45) is 0 Å². The Labute approximate surface area is 83.5 Å². The van der Waals surface area contributed by atoms with Crippen LogP contribution in [-0.2, 0) is 14.5 Å². The van der Waals surface area contributed by atoms with Crippen molar-refractivity contribution in [1.82, 2.24) is 0 Å². The van der Waals surface area contributed by atoms with E-state index in [-0.39, 0.29) is 40.6 Å². The van der Waals surface area contributed by atoms with Crippen LogP contribution in [0.1, 0.15) is 9.27 Å². The number of carboxylic acids is 1. The van der Waals surface area contributed by atoms with Crippen LogP contribution in [0.15, 0.2) is 0 Å². The van der Waals surface area contributed by atoms with Crippen LogP contribution in [0, 0.1) is 0 Å². The molecule has 50 valence electrons. The summed E-state index contributed by atoms with van der Waals surface area (Å²) in [4.78, 5) is 22.4. The number of carboxylic acid groups (broad SMARTS) is 1. The van der Waals surface area contributed by atoms with Gasteiger partial charge >= 0.3 is 49.7 Å². The zero-order chi connectivity index (χ0) is 6.57. The number of carbonyl (C=O) groups excluding carboxylic acids is 1. The summed E-state index contributed by atoms with van der Waals surface area (Å²) in [6.07, 6.45) is -0.809. The van der Waals surface area contributed by atoms with Gasteiger partial charge in [0.25, 0.3) is 0 Å². The van der Waals surface area contributed by atoms with Gasteiger partial charge in [0.05, 0.1) is 0 Å². The first kappa shape index (κ1) is 11.9. The molecule has 0 heterocycles. The smallest absolute Gasteiger partial charge is 1.00 e. The Bertz CT molecular complexity index is 118. The fourth-order valence-electron chi connectivity index (χ4n) is 0.156. The molecule has 0 aliphatic rings. The van der Waals surface area contributed by atoms with Crippen LogP contribution >= 0.6 is 0 Å². The molecule has 0 aliphatic heterocycles. The van der Waals surface area contributed by atoms with E-state index in [1.807, 2.05) is 0 Å². The molecule has 0 spiro atoms. The Hall–Kier alpha value is 0.160. The van der Waals surface area contributed by atoms with Crippen molar-refractivity contribution in [3.63, 3.8) is 0 Å². The van der Waals surface area contributed by atoms with Gasteiger partial charge in [-0.2, -0.15) is 5.26 Å². The van der Waals surface area contributed by atoms with Crippen molar-refractivity contribution in [2.45, 2.75) is 6.42 Å². The molecule has 5 nitrogen and oxygen atoms in total. The van der Waals surface area contributed by atoms with Gasteiger partial charge in [0, 0.05) is 0 Å². The van der Waals surface area contributed by atoms with Crippen LogP contribution in [-0.4, -0.2) is 60.0 Å². The normalized spacial score (nSPS) is 7.22. The topological polar surface area (TPSA) is 83.8 Å². The minimum absolute atomic E-state index is 0. The van der Waals surface area contributed by atoms with Gasteiger partial charge in [-0.15, -0.1) is 0 Å². The minimum Gasteiger partial charge on any atom is -1.00 e. The molecule has 2 N–H and O–H groups in total. The summed E-state index contributed by atoms with van der Waals surface area (Å²) in [5.74, 6) is -2.50. The number of hydrogen-bond acceptors (Lipinski definition) is 4. The third-order valence-corrected chi connectivity index (χ3v) is 0.397. The average Bonchev–Trinajstić information content (AvgIpc) is 1.65. The predicted octanol–water partition coefficient (Wildman–Crippen LogP) is -0.678. The van der Waals surface area contributed by atoms with E-state index in [4.69, 9.17) is 10.4 Å².